The van der Waals surface area contributed by atoms with Gasteiger partial charge in [-0.25, -0.2) is 0 Å². The van der Waals surface area contributed by atoms with Crippen molar-refractivity contribution in [1.29, 1.82) is 0 Å². The van der Waals surface area contributed by atoms with Crippen LogP contribution in [0.2, 0.25) is 0 Å². The maximum absolute atomic E-state index is 4.06. The fraction of sp³-hybridized carbons (Fsp3) is 0.100. The minimum atomic E-state index is 0.867. The van der Waals surface area contributed by atoms with Crippen LogP contribution in [-0.2, 0) is 0 Å². The number of aromatic nitrogens is 1. The summed E-state index contributed by atoms with van der Waals surface area (Å²) in [6.07, 6.45) is 8.75. The zero-order chi connectivity index (χ0) is 8.23. The molecule has 0 bridgehead atoms. The summed E-state index contributed by atoms with van der Waals surface area (Å²) in [6, 6.07) is 6.48. The van der Waals surface area contributed by atoms with Crippen LogP contribution in [0, 0.1) is 12.3 Å². The summed E-state index contributed by atoms with van der Waals surface area (Å²) in [7, 11) is 0. The van der Waals surface area contributed by atoms with Crippen molar-refractivity contribution in [2.45, 2.75) is 0 Å². The Bertz CT molecular complexity index is 312. The van der Waals surface area contributed by atoms with E-state index < -0.39 is 0 Å². The molecule has 1 aliphatic heterocycles. The molecule has 0 radical (unpaired) electrons. The van der Waals surface area contributed by atoms with Crippen molar-refractivity contribution in [1.82, 2.24) is 10.3 Å². The van der Waals surface area contributed by atoms with Crippen molar-refractivity contribution >= 4 is 5.70 Å². The van der Waals surface area contributed by atoms with Crippen molar-refractivity contribution in [3.05, 3.63) is 48.3 Å². The average Bonchev–Trinajstić information content (AvgIpc) is 2.21. The Kier molecular flexibility index (Phi) is 1.79. The van der Waals surface area contributed by atoms with E-state index in [4.69, 9.17) is 0 Å². The van der Waals surface area contributed by atoms with Crippen LogP contribution < -0.4 is 5.32 Å². The zero-order valence-corrected chi connectivity index (χ0v) is 6.54. The van der Waals surface area contributed by atoms with Crippen LogP contribution in [0.4, 0.5) is 0 Å². The topological polar surface area (TPSA) is 24.9 Å². The molecule has 0 spiro atoms. The largest absolute Gasteiger partial charge is 0.380 e. The molecule has 2 heteroatoms. The average molecular weight is 156 g/mol. The monoisotopic (exact) mass is 156 g/mol. The molecule has 0 amide bonds. The second kappa shape index (κ2) is 3.10. The van der Waals surface area contributed by atoms with Crippen molar-refractivity contribution in [2.75, 3.05) is 6.54 Å². The Morgan fingerprint density at radius 1 is 1.50 bits per heavy atom. The smallest absolute Gasteiger partial charge is 0.0974 e. The highest BCUT2D eigenvalue weighted by Gasteiger charge is 2.00. The molecule has 1 N–H and O–H groups in total. The van der Waals surface area contributed by atoms with Gasteiger partial charge < -0.3 is 5.32 Å². The lowest BCUT2D eigenvalue weighted by molar-refractivity contribution is 0.982. The van der Waals surface area contributed by atoms with E-state index in [1.54, 1.807) is 0 Å². The van der Waals surface area contributed by atoms with Gasteiger partial charge in [0.2, 0.25) is 0 Å². The first-order valence-electron chi connectivity index (χ1n) is 3.83. The van der Waals surface area contributed by atoms with E-state index in [1.807, 2.05) is 24.3 Å². The van der Waals surface area contributed by atoms with Gasteiger partial charge in [0.15, 0.2) is 0 Å². The van der Waals surface area contributed by atoms with Gasteiger partial charge in [-0.05, 0) is 24.3 Å². The molecule has 2 heterocycles. The van der Waals surface area contributed by atoms with Gasteiger partial charge in [-0.3, -0.25) is 0 Å². The Morgan fingerprint density at radius 3 is 3.17 bits per heavy atom. The summed E-state index contributed by atoms with van der Waals surface area (Å²) in [5.74, 6) is 0. The van der Waals surface area contributed by atoms with E-state index >= 15 is 0 Å². The van der Waals surface area contributed by atoms with Crippen LogP contribution in [0.15, 0.2) is 30.4 Å². The van der Waals surface area contributed by atoms with E-state index in [0.29, 0.717) is 0 Å². The third-order valence-corrected chi connectivity index (χ3v) is 1.65. The summed E-state index contributed by atoms with van der Waals surface area (Å²) >= 11 is 0. The fourth-order valence-corrected chi connectivity index (χ4v) is 1.07. The van der Waals surface area contributed by atoms with E-state index in [-0.39, 0.29) is 0 Å². The van der Waals surface area contributed by atoms with Crippen molar-refractivity contribution in [2.24, 2.45) is 0 Å². The first kappa shape index (κ1) is 6.93. The Labute approximate surface area is 71.6 Å². The highest BCUT2D eigenvalue weighted by Crippen LogP contribution is 2.08. The SMILES string of the molecule is c1ccc(C2=CC=CCN2)nc#1. The first-order valence-corrected chi connectivity index (χ1v) is 3.83. The molecule has 2 rings (SSSR count). The summed E-state index contributed by atoms with van der Waals surface area (Å²) in [6.45, 7) is 0.867. The third kappa shape index (κ3) is 1.30. The molecule has 0 saturated heterocycles. The summed E-state index contributed by atoms with van der Waals surface area (Å²) in [5.41, 5.74) is 1.96. The molecule has 0 saturated carbocycles. The molecule has 12 heavy (non-hydrogen) atoms. The zero-order valence-electron chi connectivity index (χ0n) is 6.54. The van der Waals surface area contributed by atoms with Crippen molar-refractivity contribution in [3.8, 4) is 0 Å². The number of hydrogen-bond donors (Lipinski definition) is 1. The van der Waals surface area contributed by atoms with Gasteiger partial charge in [0.1, 0.15) is 0 Å². The van der Waals surface area contributed by atoms with Crippen molar-refractivity contribution in [3.63, 3.8) is 0 Å². The minimum Gasteiger partial charge on any atom is -0.380 e. The van der Waals surface area contributed by atoms with E-state index in [1.165, 1.54) is 0 Å². The van der Waals surface area contributed by atoms with Gasteiger partial charge >= 0.3 is 0 Å². The van der Waals surface area contributed by atoms with E-state index in [0.717, 1.165) is 17.9 Å². The van der Waals surface area contributed by atoms with Gasteiger partial charge in [0, 0.05) is 12.7 Å². The molecular weight excluding hydrogens is 148 g/mol. The Balaban J connectivity index is 2.31. The molecule has 0 aliphatic carbocycles. The lowest BCUT2D eigenvalue weighted by Crippen LogP contribution is -2.14. The summed E-state index contributed by atoms with van der Waals surface area (Å²) < 4.78 is 0. The van der Waals surface area contributed by atoms with Crippen LogP contribution in [0.5, 0.6) is 0 Å². The van der Waals surface area contributed by atoms with Gasteiger partial charge in [-0.2, -0.15) is 4.98 Å². The van der Waals surface area contributed by atoms with Crippen LogP contribution in [0.25, 0.3) is 5.70 Å². The third-order valence-electron chi connectivity index (χ3n) is 1.65. The van der Waals surface area contributed by atoms with E-state index in [2.05, 4.69) is 28.6 Å². The normalized spacial score (nSPS) is 14.5. The highest BCUT2D eigenvalue weighted by atomic mass is 14.9. The maximum atomic E-state index is 4.06. The second-order valence-corrected chi connectivity index (χ2v) is 2.48. The van der Waals surface area contributed by atoms with Gasteiger partial charge in [-0.15, -0.1) is 0 Å². The Morgan fingerprint density at radius 2 is 2.50 bits per heavy atom. The number of hydrogen-bond acceptors (Lipinski definition) is 2. The predicted molar refractivity (Wildman–Crippen MR) is 47.0 cm³/mol. The molecule has 2 nitrogen and oxygen atoms in total. The number of rotatable bonds is 1. The quantitative estimate of drug-likeness (QED) is 0.660. The van der Waals surface area contributed by atoms with Gasteiger partial charge in [0.05, 0.1) is 11.4 Å². The standard InChI is InChI=1S/C10H8N2/c1-3-7-11-9(5-1)10-6-2-4-8-12-10/h1-3,5-6,11H,7H2. The number of nitrogens with zero attached hydrogens (tertiary/aromatic N) is 1. The second-order valence-electron chi connectivity index (χ2n) is 2.48. The molecule has 0 fully saturated rings. The number of allylic oxidation sites excluding steroid dienone is 2. The first-order chi connectivity index (χ1) is 5.97. The molecule has 58 valence electrons. The van der Waals surface area contributed by atoms with Gasteiger partial charge in [0.25, 0.3) is 0 Å². The summed E-state index contributed by atoms with van der Waals surface area (Å²) in [4.78, 5) is 4.06. The molecule has 0 atom stereocenters. The van der Waals surface area contributed by atoms with Crippen LogP contribution >= 0.6 is 0 Å². The molecule has 1 aliphatic rings. The highest BCUT2D eigenvalue weighted by molar-refractivity contribution is 5.63. The van der Waals surface area contributed by atoms with Crippen LogP contribution in [0.1, 0.15) is 5.69 Å². The lowest BCUT2D eigenvalue weighted by atomic mass is 10.2. The Hall–Kier alpha value is -1.75. The molecule has 0 aromatic carbocycles. The lowest BCUT2D eigenvalue weighted by Gasteiger charge is -2.09. The number of dihydropyridines is 1. The number of nitrogens with one attached hydrogen (secondary N) is 1. The molecule has 1 aromatic heterocycles. The van der Waals surface area contributed by atoms with Crippen LogP contribution in [0.3, 0.4) is 0 Å². The molecule has 1 aromatic rings. The maximum Gasteiger partial charge on any atom is 0.0974 e. The molecule has 0 unspecified atom stereocenters. The van der Waals surface area contributed by atoms with Crippen molar-refractivity contribution < 1.29 is 0 Å². The molecular formula is C10H8N2. The van der Waals surface area contributed by atoms with E-state index in [9.17, 15) is 0 Å². The predicted octanol–water partition coefficient (Wildman–Crippen LogP) is 1.18. The minimum absolute atomic E-state index is 0.867. The van der Waals surface area contributed by atoms with Crippen LogP contribution in [-0.4, -0.2) is 11.5 Å². The van der Waals surface area contributed by atoms with Gasteiger partial charge in [-0.1, -0.05) is 12.2 Å². The summed E-state index contributed by atoms with van der Waals surface area (Å²) in [5, 5.41) is 3.21. The fourth-order valence-electron chi connectivity index (χ4n) is 1.07.